The van der Waals surface area contributed by atoms with Gasteiger partial charge in [0.2, 0.25) is 0 Å². The van der Waals surface area contributed by atoms with Crippen LogP contribution in [0.1, 0.15) is 386 Å². The molecule has 1 N–H and O–H groups in total. The Morgan fingerprint density at radius 2 is 0.557 bits per heavy atom. The number of carbonyl (C=O) groups excluding carboxylic acids is 2. The minimum absolute atomic E-state index is 0.179. The summed E-state index contributed by atoms with van der Waals surface area (Å²) < 4.78 is 23.1. The highest BCUT2D eigenvalue weighted by Gasteiger charge is 2.25. The van der Waals surface area contributed by atoms with Gasteiger partial charge in [-0.3, -0.25) is 9.59 Å². The van der Waals surface area contributed by atoms with E-state index in [4.69, 9.17) is 18.9 Å². The van der Waals surface area contributed by atoms with Crippen molar-refractivity contribution in [1.29, 1.82) is 0 Å². The lowest BCUT2D eigenvalue weighted by atomic mass is 10.0. The number of quaternary nitrogens is 1. The summed E-state index contributed by atoms with van der Waals surface area (Å²) in [7, 11) is 6.00. The zero-order valence-electron chi connectivity index (χ0n) is 64.5. The molecule has 0 amide bonds. The first-order chi connectivity index (χ1) is 47.6. The first kappa shape index (κ1) is 93.2. The van der Waals surface area contributed by atoms with Gasteiger partial charge in [0.25, 0.3) is 6.29 Å². The van der Waals surface area contributed by atoms with E-state index < -0.39 is 18.4 Å². The van der Waals surface area contributed by atoms with E-state index in [9.17, 15) is 19.5 Å². The van der Waals surface area contributed by atoms with Crippen LogP contribution < -0.4 is 0 Å². The lowest BCUT2D eigenvalue weighted by Gasteiger charge is -2.25. The van der Waals surface area contributed by atoms with Crippen LogP contribution in [0.5, 0.6) is 0 Å². The Hall–Kier alpha value is -3.79. The van der Waals surface area contributed by atoms with Gasteiger partial charge in [-0.05, 0) is 89.9 Å². The third kappa shape index (κ3) is 79.4. The van der Waals surface area contributed by atoms with Crippen LogP contribution in [0.15, 0.2) is 97.2 Å². The molecule has 0 spiro atoms. The van der Waals surface area contributed by atoms with Crippen molar-refractivity contribution in [3.05, 3.63) is 97.2 Å². The fraction of sp³-hybridized carbons (Fsp3) is 0.784. The molecule has 0 radical (unpaired) electrons. The fourth-order valence-corrected chi connectivity index (χ4v) is 12.1. The van der Waals surface area contributed by atoms with Crippen LogP contribution >= 0.6 is 0 Å². The summed E-state index contributed by atoms with van der Waals surface area (Å²) >= 11 is 0. The van der Waals surface area contributed by atoms with Gasteiger partial charge in [-0.25, -0.2) is 4.79 Å². The maximum Gasteiger partial charge on any atom is 0.361 e. The number of unbranched alkanes of at least 4 members (excludes halogenated alkanes) is 46. The molecule has 0 aliphatic rings. The molecule has 97 heavy (non-hydrogen) atoms. The normalized spacial score (nSPS) is 13.1. The molecule has 0 saturated heterocycles. The summed E-state index contributed by atoms with van der Waals surface area (Å²) in [5.41, 5.74) is 0. The van der Waals surface area contributed by atoms with Crippen molar-refractivity contribution in [2.24, 2.45) is 0 Å². The first-order valence-electron chi connectivity index (χ1n) is 41.4. The van der Waals surface area contributed by atoms with E-state index in [0.717, 1.165) is 89.9 Å². The van der Waals surface area contributed by atoms with Crippen molar-refractivity contribution in [2.75, 3.05) is 47.5 Å². The molecule has 9 heteroatoms. The quantitative estimate of drug-likeness (QED) is 0.0211. The maximum atomic E-state index is 13.0. The van der Waals surface area contributed by atoms with E-state index in [1.54, 1.807) is 0 Å². The Balaban J connectivity index is 3.95. The predicted molar refractivity (Wildman–Crippen MR) is 419 cm³/mol. The number of carbonyl (C=O) groups is 3. The van der Waals surface area contributed by atoms with Crippen molar-refractivity contribution in [3.8, 4) is 0 Å². The number of carboxylic acid groups (broad SMARTS) is 1. The molecule has 0 aromatic rings. The van der Waals surface area contributed by atoms with Crippen molar-refractivity contribution < 1.29 is 42.9 Å². The first-order valence-corrected chi connectivity index (χ1v) is 41.4. The number of rotatable bonds is 77. The second-order valence-corrected chi connectivity index (χ2v) is 29.0. The predicted octanol–water partition coefficient (Wildman–Crippen LogP) is 26.7. The number of carboxylic acids is 1. The molecular formula is C88H158NO8+. The lowest BCUT2D eigenvalue weighted by molar-refractivity contribution is -0.870. The second-order valence-electron chi connectivity index (χ2n) is 29.0. The monoisotopic (exact) mass is 1360 g/mol. The van der Waals surface area contributed by atoms with Crippen LogP contribution in [0, 0.1) is 0 Å². The van der Waals surface area contributed by atoms with Gasteiger partial charge in [0.1, 0.15) is 13.2 Å². The van der Waals surface area contributed by atoms with Crippen LogP contribution in [-0.4, -0.2) is 87.4 Å². The number of hydrogen-bond acceptors (Lipinski definition) is 7. The molecule has 9 nitrogen and oxygen atoms in total. The van der Waals surface area contributed by atoms with Gasteiger partial charge >= 0.3 is 17.9 Å². The summed E-state index contributed by atoms with van der Waals surface area (Å²) in [6.07, 6.45) is 106. The van der Waals surface area contributed by atoms with Gasteiger partial charge < -0.3 is 28.5 Å². The molecule has 0 aliphatic heterocycles. The van der Waals surface area contributed by atoms with Gasteiger partial charge in [0.05, 0.1) is 34.4 Å². The van der Waals surface area contributed by atoms with Crippen LogP contribution in [0.2, 0.25) is 0 Å². The average Bonchev–Trinajstić information content (AvgIpc) is 2.39. The average molecular weight is 1360 g/mol. The molecule has 562 valence electrons. The maximum absolute atomic E-state index is 13.0. The number of ether oxygens (including phenoxy) is 4. The third-order valence-corrected chi connectivity index (χ3v) is 18.3. The molecule has 0 saturated carbocycles. The Labute approximate surface area is 601 Å². The standard InChI is InChI=1S/C88H157NO8/c1-6-8-10-12-14-16-18-20-22-24-26-28-30-32-34-36-38-40-41-42-43-44-45-47-49-51-53-55-57-59-61-63-65-67-69-71-73-75-77-79-86(91)97-84(83-96-88(87(92)93)94-81-80-89(3,4)5)82-95-85(90)78-76-74-72-70-68-66-64-62-60-58-56-54-52-50-48-46-39-37-35-33-31-29-27-25-23-21-19-17-15-13-11-9-7-2/h8-11,14-17,20-23,26-29,84,88H,6-7,12-13,18-19,24-25,30-83H2,1-5H3/p+1/b10-8-,11-9-,16-14-,17-15-,22-20-,23-21-,28-26-,29-27-. The second kappa shape index (κ2) is 77.9. The molecule has 0 aromatic heterocycles. The van der Waals surface area contributed by atoms with E-state index >= 15 is 0 Å². The van der Waals surface area contributed by atoms with Crippen molar-refractivity contribution in [2.45, 2.75) is 399 Å². The minimum atomic E-state index is -1.51. The van der Waals surface area contributed by atoms with Crippen molar-refractivity contribution >= 4 is 17.9 Å². The number of likely N-dealkylation sites (N-methyl/N-ethyl adjacent to an activating group) is 1. The molecule has 0 aromatic carbocycles. The number of hydrogen-bond donors (Lipinski definition) is 1. The van der Waals surface area contributed by atoms with Crippen molar-refractivity contribution in [1.82, 2.24) is 0 Å². The Morgan fingerprint density at radius 1 is 0.309 bits per heavy atom. The molecular weight excluding hydrogens is 1200 g/mol. The summed E-state index contributed by atoms with van der Waals surface area (Å²) in [6.45, 7) is 4.71. The zero-order valence-corrected chi connectivity index (χ0v) is 64.5. The van der Waals surface area contributed by atoms with E-state index in [0.29, 0.717) is 17.4 Å². The van der Waals surface area contributed by atoms with E-state index in [-0.39, 0.29) is 38.2 Å². The third-order valence-electron chi connectivity index (χ3n) is 18.3. The molecule has 2 atom stereocenters. The van der Waals surface area contributed by atoms with Gasteiger partial charge in [0, 0.05) is 12.8 Å². The summed E-state index contributed by atoms with van der Waals surface area (Å²) in [5, 5.41) is 9.78. The van der Waals surface area contributed by atoms with E-state index in [2.05, 4.69) is 111 Å². The Kier molecular flexibility index (Phi) is 74.9. The largest absolute Gasteiger partial charge is 0.477 e. The molecule has 0 aliphatic carbocycles. The summed E-state index contributed by atoms with van der Waals surface area (Å²) in [5.74, 6) is -1.98. The lowest BCUT2D eigenvalue weighted by Crippen LogP contribution is -2.40. The van der Waals surface area contributed by atoms with E-state index in [1.807, 2.05) is 21.1 Å². The fourth-order valence-electron chi connectivity index (χ4n) is 12.1. The number of esters is 2. The van der Waals surface area contributed by atoms with Crippen LogP contribution in [0.4, 0.5) is 0 Å². The van der Waals surface area contributed by atoms with Gasteiger partial charge in [-0.1, -0.05) is 381 Å². The number of nitrogens with zero attached hydrogens (tertiary/aromatic N) is 1. The molecule has 0 bridgehead atoms. The summed E-state index contributed by atoms with van der Waals surface area (Å²) in [6, 6.07) is 0. The highest BCUT2D eigenvalue weighted by molar-refractivity contribution is 5.71. The molecule has 0 fully saturated rings. The Bertz CT molecular complexity index is 1920. The topological polar surface area (TPSA) is 108 Å². The SMILES string of the molecule is CC/C=C\C/C=C\C/C=C\C/C=C\CCCCCCCCCCCCCCCCCCCCCCCCCCCCC(=O)OC(COC(=O)CCCCCCCCCCCCCCCCCCCCCC/C=C\C/C=C\C/C=C\C/C=C\CC)COC(OCC[N+](C)(C)C)C(=O)O. The number of aliphatic carboxylic acids is 1. The minimum Gasteiger partial charge on any atom is -0.477 e. The van der Waals surface area contributed by atoms with E-state index in [1.165, 1.54) is 270 Å². The summed E-state index contributed by atoms with van der Waals surface area (Å²) in [4.78, 5) is 37.8. The van der Waals surface area contributed by atoms with Crippen LogP contribution in [0.25, 0.3) is 0 Å². The highest BCUT2D eigenvalue weighted by atomic mass is 16.7. The van der Waals surface area contributed by atoms with Gasteiger partial charge in [0.15, 0.2) is 6.10 Å². The molecule has 0 heterocycles. The molecule has 2 unspecified atom stereocenters. The molecule has 0 rings (SSSR count). The van der Waals surface area contributed by atoms with Gasteiger partial charge in [-0.15, -0.1) is 0 Å². The van der Waals surface area contributed by atoms with Crippen LogP contribution in [0.3, 0.4) is 0 Å². The van der Waals surface area contributed by atoms with Gasteiger partial charge in [-0.2, -0.15) is 0 Å². The Morgan fingerprint density at radius 3 is 0.825 bits per heavy atom. The number of allylic oxidation sites excluding steroid dienone is 16. The van der Waals surface area contributed by atoms with Crippen molar-refractivity contribution in [3.63, 3.8) is 0 Å². The highest BCUT2D eigenvalue weighted by Crippen LogP contribution is 2.20. The van der Waals surface area contributed by atoms with Crippen LogP contribution in [-0.2, 0) is 33.3 Å². The zero-order chi connectivity index (χ0) is 70.4. The smallest absolute Gasteiger partial charge is 0.361 e.